The minimum absolute atomic E-state index is 0.242. The zero-order chi connectivity index (χ0) is 13.7. The van der Waals surface area contributed by atoms with Crippen LogP contribution in [0.25, 0.3) is 0 Å². The molecule has 2 rings (SSSR count). The van der Waals surface area contributed by atoms with Crippen LogP contribution in [0.2, 0.25) is 0 Å². The lowest BCUT2D eigenvalue weighted by atomic mass is 10.0. The Balaban J connectivity index is 1.92. The van der Waals surface area contributed by atoms with E-state index in [1.165, 1.54) is 26.4 Å². The Morgan fingerprint density at radius 2 is 2.26 bits per heavy atom. The Morgan fingerprint density at radius 3 is 2.95 bits per heavy atom. The lowest BCUT2D eigenvalue weighted by Crippen LogP contribution is -2.42. The normalized spacial score (nSPS) is 19.7. The molecule has 1 heterocycles. The van der Waals surface area contributed by atoms with Crippen LogP contribution in [-0.2, 0) is 6.54 Å². The van der Waals surface area contributed by atoms with Crippen LogP contribution in [0.15, 0.2) is 18.2 Å². The number of halogens is 1. The van der Waals surface area contributed by atoms with Gasteiger partial charge in [-0.05, 0) is 32.5 Å². The Hall–Kier alpha value is -1.13. The summed E-state index contributed by atoms with van der Waals surface area (Å²) in [6.45, 7) is 2.67. The SMILES string of the molecule is COc1cccc(CN(C)CC2CCCCN2)c1F. The molecule has 4 heteroatoms. The molecule has 0 aliphatic carbocycles. The molecule has 1 N–H and O–H groups in total. The van der Waals surface area contributed by atoms with E-state index in [1.807, 2.05) is 19.2 Å². The number of rotatable bonds is 5. The van der Waals surface area contributed by atoms with Crippen molar-refractivity contribution in [3.8, 4) is 5.75 Å². The van der Waals surface area contributed by atoms with Crippen LogP contribution in [-0.4, -0.2) is 38.2 Å². The molecule has 1 fully saturated rings. The monoisotopic (exact) mass is 266 g/mol. The van der Waals surface area contributed by atoms with Gasteiger partial charge in [0, 0.05) is 24.7 Å². The van der Waals surface area contributed by atoms with Gasteiger partial charge in [-0.25, -0.2) is 4.39 Å². The Labute approximate surface area is 114 Å². The summed E-state index contributed by atoms with van der Waals surface area (Å²) in [5.41, 5.74) is 0.692. The van der Waals surface area contributed by atoms with Gasteiger partial charge in [-0.2, -0.15) is 0 Å². The second-order valence-corrected chi connectivity index (χ2v) is 5.28. The number of nitrogens with zero attached hydrogens (tertiary/aromatic N) is 1. The van der Waals surface area contributed by atoms with Crippen molar-refractivity contribution in [3.63, 3.8) is 0 Å². The second-order valence-electron chi connectivity index (χ2n) is 5.28. The summed E-state index contributed by atoms with van der Waals surface area (Å²) >= 11 is 0. The summed E-state index contributed by atoms with van der Waals surface area (Å²) in [4.78, 5) is 2.17. The fourth-order valence-electron chi connectivity index (χ4n) is 2.65. The van der Waals surface area contributed by atoms with E-state index in [2.05, 4.69) is 10.2 Å². The van der Waals surface area contributed by atoms with Crippen LogP contribution in [0, 0.1) is 5.82 Å². The topological polar surface area (TPSA) is 24.5 Å². The van der Waals surface area contributed by atoms with Crippen molar-refractivity contribution < 1.29 is 9.13 Å². The van der Waals surface area contributed by atoms with E-state index in [4.69, 9.17) is 4.74 Å². The maximum Gasteiger partial charge on any atom is 0.169 e. The van der Waals surface area contributed by atoms with Gasteiger partial charge in [0.15, 0.2) is 11.6 Å². The van der Waals surface area contributed by atoms with E-state index in [-0.39, 0.29) is 5.82 Å². The highest BCUT2D eigenvalue weighted by atomic mass is 19.1. The van der Waals surface area contributed by atoms with E-state index in [9.17, 15) is 4.39 Å². The third-order valence-corrected chi connectivity index (χ3v) is 3.65. The summed E-state index contributed by atoms with van der Waals surface area (Å²) in [5.74, 6) is 0.0788. The minimum atomic E-state index is -0.242. The maximum atomic E-state index is 14.0. The van der Waals surface area contributed by atoms with E-state index in [1.54, 1.807) is 6.07 Å². The van der Waals surface area contributed by atoms with E-state index >= 15 is 0 Å². The highest BCUT2D eigenvalue weighted by Gasteiger charge is 2.16. The first-order valence-corrected chi connectivity index (χ1v) is 6.94. The van der Waals surface area contributed by atoms with Crippen molar-refractivity contribution in [1.29, 1.82) is 0 Å². The average Bonchev–Trinajstić information content (AvgIpc) is 2.42. The van der Waals surface area contributed by atoms with Crippen LogP contribution in [0.1, 0.15) is 24.8 Å². The number of methoxy groups -OCH3 is 1. The molecule has 0 aromatic heterocycles. The molecule has 1 atom stereocenters. The molecule has 1 aliphatic rings. The van der Waals surface area contributed by atoms with Gasteiger partial charge in [-0.3, -0.25) is 0 Å². The number of hydrogen-bond acceptors (Lipinski definition) is 3. The summed E-state index contributed by atoms with van der Waals surface area (Å²) in [5, 5.41) is 3.51. The molecule has 0 amide bonds. The number of ether oxygens (including phenoxy) is 1. The Bertz CT molecular complexity index is 405. The van der Waals surface area contributed by atoms with Gasteiger partial charge in [0.25, 0.3) is 0 Å². The molecule has 0 spiro atoms. The number of hydrogen-bond donors (Lipinski definition) is 1. The maximum absolute atomic E-state index is 14.0. The fraction of sp³-hybridized carbons (Fsp3) is 0.600. The summed E-state index contributed by atoms with van der Waals surface area (Å²) in [6.07, 6.45) is 3.77. The third kappa shape index (κ3) is 3.91. The van der Waals surface area contributed by atoms with Crippen LogP contribution < -0.4 is 10.1 Å². The first-order chi connectivity index (χ1) is 9.20. The van der Waals surface area contributed by atoms with Crippen LogP contribution in [0.4, 0.5) is 4.39 Å². The van der Waals surface area contributed by atoms with E-state index < -0.39 is 0 Å². The van der Waals surface area contributed by atoms with Crippen molar-refractivity contribution >= 4 is 0 Å². The number of benzene rings is 1. The highest BCUT2D eigenvalue weighted by Crippen LogP contribution is 2.21. The van der Waals surface area contributed by atoms with Crippen molar-refractivity contribution in [1.82, 2.24) is 10.2 Å². The molecule has 1 aliphatic heterocycles. The average molecular weight is 266 g/mol. The molecule has 0 saturated carbocycles. The van der Waals surface area contributed by atoms with E-state index in [0.29, 0.717) is 23.9 Å². The molecule has 1 aromatic rings. The van der Waals surface area contributed by atoms with Crippen molar-refractivity contribution in [2.75, 3.05) is 27.2 Å². The number of piperidine rings is 1. The van der Waals surface area contributed by atoms with Gasteiger partial charge in [0.1, 0.15) is 0 Å². The van der Waals surface area contributed by atoms with Crippen LogP contribution in [0.3, 0.4) is 0 Å². The van der Waals surface area contributed by atoms with Crippen LogP contribution >= 0.6 is 0 Å². The highest BCUT2D eigenvalue weighted by molar-refractivity contribution is 5.30. The smallest absolute Gasteiger partial charge is 0.169 e. The Morgan fingerprint density at radius 1 is 1.42 bits per heavy atom. The number of likely N-dealkylation sites (N-methyl/N-ethyl adjacent to an activating group) is 1. The molecule has 19 heavy (non-hydrogen) atoms. The Kier molecular flexibility index (Phi) is 5.16. The van der Waals surface area contributed by atoms with Gasteiger partial charge < -0.3 is 15.0 Å². The van der Waals surface area contributed by atoms with Gasteiger partial charge in [-0.15, -0.1) is 0 Å². The molecule has 3 nitrogen and oxygen atoms in total. The second kappa shape index (κ2) is 6.87. The van der Waals surface area contributed by atoms with Gasteiger partial charge in [0.2, 0.25) is 0 Å². The standard InChI is InChI=1S/C15H23FN2O/c1-18(11-13-7-3-4-9-17-13)10-12-6-5-8-14(19-2)15(12)16/h5-6,8,13,17H,3-4,7,9-11H2,1-2H3. The fourth-order valence-corrected chi connectivity index (χ4v) is 2.65. The third-order valence-electron chi connectivity index (χ3n) is 3.65. The number of nitrogens with one attached hydrogen (secondary N) is 1. The van der Waals surface area contributed by atoms with Gasteiger partial charge in [-0.1, -0.05) is 18.6 Å². The molecule has 1 aromatic carbocycles. The predicted octanol–water partition coefficient (Wildman–Crippen LogP) is 2.41. The molecular formula is C15H23FN2O. The van der Waals surface area contributed by atoms with Gasteiger partial charge >= 0.3 is 0 Å². The molecule has 1 saturated heterocycles. The van der Waals surface area contributed by atoms with Gasteiger partial charge in [0.05, 0.1) is 7.11 Å². The first-order valence-electron chi connectivity index (χ1n) is 6.94. The molecule has 0 radical (unpaired) electrons. The largest absolute Gasteiger partial charge is 0.494 e. The van der Waals surface area contributed by atoms with Crippen LogP contribution in [0.5, 0.6) is 5.75 Å². The zero-order valence-electron chi connectivity index (χ0n) is 11.8. The van der Waals surface area contributed by atoms with Crippen molar-refractivity contribution in [2.45, 2.75) is 31.8 Å². The first kappa shape index (κ1) is 14.3. The summed E-state index contributed by atoms with van der Waals surface area (Å²) in [6, 6.07) is 5.85. The molecule has 1 unspecified atom stereocenters. The molecule has 0 bridgehead atoms. The summed E-state index contributed by atoms with van der Waals surface area (Å²) < 4.78 is 19.1. The predicted molar refractivity (Wildman–Crippen MR) is 74.9 cm³/mol. The lowest BCUT2D eigenvalue weighted by molar-refractivity contribution is 0.253. The lowest BCUT2D eigenvalue weighted by Gasteiger charge is -2.28. The summed E-state index contributed by atoms with van der Waals surface area (Å²) in [7, 11) is 3.53. The quantitative estimate of drug-likeness (QED) is 0.885. The minimum Gasteiger partial charge on any atom is -0.494 e. The molecule has 106 valence electrons. The molecular weight excluding hydrogens is 243 g/mol. The van der Waals surface area contributed by atoms with Crippen molar-refractivity contribution in [3.05, 3.63) is 29.6 Å². The van der Waals surface area contributed by atoms with Crippen molar-refractivity contribution in [2.24, 2.45) is 0 Å². The van der Waals surface area contributed by atoms with E-state index in [0.717, 1.165) is 13.1 Å². The zero-order valence-corrected chi connectivity index (χ0v) is 11.8.